The molecule has 0 aliphatic carbocycles. The number of pyridine rings is 1. The molecule has 7 N–H and O–H groups in total. The number of anilines is 2. The van der Waals surface area contributed by atoms with Crippen molar-refractivity contribution in [2.45, 2.75) is 185 Å². The second-order valence-electron chi connectivity index (χ2n) is 22.0. The molecule has 1 aromatic rings. The predicted molar refractivity (Wildman–Crippen MR) is 271 cm³/mol. The fraction of sp³-hybridized carbons (Fsp3) is 0.863. The van der Waals surface area contributed by atoms with Gasteiger partial charge in [0, 0.05) is 64.8 Å². The number of aliphatic hydroxyl groups excluding tert-OH is 3. The van der Waals surface area contributed by atoms with Crippen LogP contribution in [0.5, 0.6) is 0 Å². The molecule has 3 unspecified atom stereocenters. The van der Waals surface area contributed by atoms with E-state index >= 15 is 0 Å². The number of ether oxygens (including phenoxy) is 5. The van der Waals surface area contributed by atoms with Crippen molar-refractivity contribution < 1.29 is 54.0 Å². The second kappa shape index (κ2) is 24.6. The maximum absolute atomic E-state index is 14.3. The highest BCUT2D eigenvalue weighted by Crippen LogP contribution is 2.47. The molecule has 4 aliphatic heterocycles. The first-order valence-corrected chi connectivity index (χ1v) is 26.1. The summed E-state index contributed by atoms with van der Waals surface area (Å²) in [7, 11) is 5.49. The van der Waals surface area contributed by atoms with Gasteiger partial charge in [-0.3, -0.25) is 9.69 Å². The van der Waals surface area contributed by atoms with E-state index in [4.69, 9.17) is 35.9 Å². The number of aromatic nitrogens is 1. The Balaban J connectivity index is 1.51. The van der Waals surface area contributed by atoms with E-state index < -0.39 is 83.4 Å². The van der Waals surface area contributed by atoms with Gasteiger partial charge in [0.1, 0.15) is 29.7 Å². The topological polar surface area (TPSA) is 211 Å². The number of rotatable bonds is 12. The lowest BCUT2D eigenvalue weighted by molar-refractivity contribution is -0.226. The van der Waals surface area contributed by atoms with Gasteiger partial charge in [-0.05, 0) is 122 Å². The number of nitrogens with one attached hydrogen (secondary N) is 2. The van der Waals surface area contributed by atoms with Gasteiger partial charge in [0.25, 0.3) is 0 Å². The van der Waals surface area contributed by atoms with Crippen molar-refractivity contribution in [1.82, 2.24) is 20.1 Å². The van der Waals surface area contributed by atoms with Crippen molar-refractivity contribution in [3.63, 3.8) is 0 Å². The highest BCUT2D eigenvalue weighted by molar-refractivity contribution is 7.80. The van der Waals surface area contributed by atoms with Gasteiger partial charge in [-0.2, -0.15) is 0 Å². The maximum atomic E-state index is 14.3. The van der Waals surface area contributed by atoms with Crippen LogP contribution in [-0.2, 0) is 28.5 Å². The normalized spacial score (nSPS) is 41.5. The largest absolute Gasteiger partial charge is 0.459 e. The van der Waals surface area contributed by atoms with E-state index in [0.717, 1.165) is 24.6 Å². The molecule has 4 fully saturated rings. The van der Waals surface area contributed by atoms with Crippen molar-refractivity contribution in [3.8, 4) is 0 Å². The van der Waals surface area contributed by atoms with Gasteiger partial charge in [0.05, 0.1) is 72.7 Å². The van der Waals surface area contributed by atoms with Crippen LogP contribution in [-0.4, -0.2) is 196 Å². The molecule has 69 heavy (non-hydrogen) atoms. The monoisotopic (exact) mass is 995 g/mol. The molecule has 0 saturated carbocycles. The summed E-state index contributed by atoms with van der Waals surface area (Å²) in [4.78, 5) is 25.2. The van der Waals surface area contributed by atoms with Gasteiger partial charge in [-0.25, -0.2) is 4.98 Å². The summed E-state index contributed by atoms with van der Waals surface area (Å²) in [6, 6.07) is 3.04. The molecule has 4 saturated heterocycles. The van der Waals surface area contributed by atoms with Crippen molar-refractivity contribution in [2.24, 2.45) is 29.6 Å². The molecule has 0 bridgehead atoms. The van der Waals surface area contributed by atoms with Gasteiger partial charge in [-0.1, -0.05) is 34.6 Å². The Hall–Kier alpha value is -2.33. The first kappa shape index (κ1) is 57.6. The Labute approximate surface area is 418 Å². The van der Waals surface area contributed by atoms with Crippen LogP contribution in [0.4, 0.5) is 11.5 Å². The number of nitrogens with zero attached hydrogens (tertiary/aromatic N) is 4. The molecule has 0 spiro atoms. The quantitative estimate of drug-likeness (QED) is 0.117. The van der Waals surface area contributed by atoms with Gasteiger partial charge in [0.2, 0.25) is 0 Å². The van der Waals surface area contributed by atoms with Crippen LogP contribution in [0.2, 0.25) is 0 Å². The van der Waals surface area contributed by atoms with Crippen LogP contribution in [0.15, 0.2) is 18.3 Å². The molecule has 4 aliphatic rings. The molecular weight excluding hydrogens is 905 g/mol. The summed E-state index contributed by atoms with van der Waals surface area (Å²) < 4.78 is 30.8. The third-order valence-electron chi connectivity index (χ3n) is 16.6. The molecule has 18 heteroatoms. The molecule has 5 heterocycles. The summed E-state index contributed by atoms with van der Waals surface area (Å²) in [5, 5.41) is 68.4. The number of likely N-dealkylation sites (N-methyl/N-ethyl adjacent to an activating group) is 1. The van der Waals surface area contributed by atoms with E-state index in [0.29, 0.717) is 57.2 Å². The number of carbonyl (C=O) groups excluding carboxylic acids is 1. The lowest BCUT2D eigenvalue weighted by atomic mass is 9.63. The number of carbonyl (C=O) groups is 1. The molecule has 5 rings (SSSR count). The Morgan fingerprint density at radius 3 is 2.28 bits per heavy atom. The Morgan fingerprint density at radius 1 is 0.986 bits per heavy atom. The Kier molecular flexibility index (Phi) is 20.5. The van der Waals surface area contributed by atoms with Crippen LogP contribution in [0, 0.1) is 29.6 Å². The fourth-order valence-electron chi connectivity index (χ4n) is 11.9. The fourth-order valence-corrected chi connectivity index (χ4v) is 12.1. The van der Waals surface area contributed by atoms with E-state index in [-0.39, 0.29) is 49.2 Å². The van der Waals surface area contributed by atoms with Crippen molar-refractivity contribution in [1.29, 1.82) is 0 Å². The molecule has 0 radical (unpaired) electrons. The lowest BCUT2D eigenvalue weighted by Gasteiger charge is -2.51. The highest BCUT2D eigenvalue weighted by atomic mass is 32.1. The zero-order valence-electron chi connectivity index (χ0n) is 44.0. The smallest absolute Gasteiger partial charge is 0.309 e. The number of cyclic esters (lactones) is 1. The third kappa shape index (κ3) is 14.0. The number of thiocarbonyl (C=S) groups is 1. The number of morpholine rings is 1. The van der Waals surface area contributed by atoms with Gasteiger partial charge >= 0.3 is 5.97 Å². The molecule has 1 aromatic heterocycles. The first-order valence-electron chi connectivity index (χ1n) is 25.6. The first-order chi connectivity index (χ1) is 32.3. The number of aliphatic hydroxyl groups is 5. The summed E-state index contributed by atoms with van der Waals surface area (Å²) in [5.74, 6) is -1.70. The van der Waals surface area contributed by atoms with Crippen LogP contribution >= 0.6 is 12.2 Å². The molecule has 0 aromatic carbocycles. The third-order valence-corrected chi connectivity index (χ3v) is 16.8. The van der Waals surface area contributed by atoms with Gasteiger partial charge < -0.3 is 69.7 Å². The summed E-state index contributed by atoms with van der Waals surface area (Å²) >= 11 is 5.74. The SMILES string of the molecule is CC[C@@H]1OC(=O)[C@H](C)[C@H](C)[C@@H](C)[C@H](C[C@@H]2CC(C)(OC)[C@H](O)[C@H](C)O2)C(O)(C[C@@H]2O[C@H](C)C[C@H](N(C)C)[C@@H]2O)C[C@H](C)CN(CCNC(=S)Nc2ccc(N3CCOCC3)nc2)[C@H](C)[C@@H](O)C1(C)O. The van der Waals surface area contributed by atoms with E-state index in [9.17, 15) is 30.3 Å². The number of hydrogen-bond acceptors (Lipinski definition) is 16. The molecule has 0 amide bonds. The summed E-state index contributed by atoms with van der Waals surface area (Å²) in [6.45, 7) is 22.9. The van der Waals surface area contributed by atoms with Crippen molar-refractivity contribution in [2.75, 3.05) is 77.4 Å². The van der Waals surface area contributed by atoms with Gasteiger partial charge in [-0.15, -0.1) is 0 Å². The summed E-state index contributed by atoms with van der Waals surface area (Å²) in [6.07, 6.45) is -2.27. The van der Waals surface area contributed by atoms with Crippen molar-refractivity contribution in [3.05, 3.63) is 18.3 Å². The highest BCUT2D eigenvalue weighted by Gasteiger charge is 2.53. The number of hydrogen-bond donors (Lipinski definition) is 7. The lowest BCUT2D eigenvalue weighted by Crippen LogP contribution is -2.60. The number of esters is 1. The van der Waals surface area contributed by atoms with Crippen LogP contribution in [0.3, 0.4) is 0 Å². The second-order valence-corrected chi connectivity index (χ2v) is 22.4. The Bertz CT molecular complexity index is 1780. The zero-order chi connectivity index (χ0) is 51.2. The van der Waals surface area contributed by atoms with Gasteiger partial charge in [0.15, 0.2) is 5.11 Å². The standard InChI is InChI=1S/C51H90N6O11S/c1-14-42-50(10,62)45(59)35(7)57(18-17-52-48(69)54-37-15-16-43(53-28-37)56-19-21-65-22-20-56)29-30(2)25-51(63,27-41-44(58)40(55(11)12)23-31(3)66-41)39(33(5)32(4)34(6)47(61)68-42)24-38-26-49(9,64-13)46(60)36(8)67-38/h15-16,28,30-36,38-42,44-46,58-60,62-63H,14,17-27,29H2,1-13H3,(H2,52,54,69)/t30-,31+,32+,33+,34+,35+,36-,38+,39-,40-,41-,42-,44-,45+,46+,49?,50?,51?/m0/s1. The molecule has 18 atom stereocenters. The zero-order valence-corrected chi connectivity index (χ0v) is 44.8. The number of methoxy groups -OCH3 is 1. The van der Waals surface area contributed by atoms with Crippen LogP contribution < -0.4 is 15.5 Å². The average molecular weight is 995 g/mol. The van der Waals surface area contributed by atoms with Crippen LogP contribution in [0.25, 0.3) is 0 Å². The van der Waals surface area contributed by atoms with E-state index in [2.05, 4.69) is 39.3 Å². The summed E-state index contributed by atoms with van der Waals surface area (Å²) in [5.41, 5.74) is -3.50. The maximum Gasteiger partial charge on any atom is 0.309 e. The Morgan fingerprint density at radius 2 is 1.67 bits per heavy atom. The molecule has 17 nitrogen and oxygen atoms in total. The van der Waals surface area contributed by atoms with E-state index in [1.54, 1.807) is 13.3 Å². The molecule has 396 valence electrons. The molecular formula is C51H90N6O11S. The van der Waals surface area contributed by atoms with E-state index in [1.165, 1.54) is 6.92 Å². The minimum absolute atomic E-state index is 0.106. The predicted octanol–water partition coefficient (Wildman–Crippen LogP) is 3.82. The van der Waals surface area contributed by atoms with E-state index in [1.807, 2.05) is 79.6 Å². The minimum Gasteiger partial charge on any atom is -0.459 e. The van der Waals surface area contributed by atoms with Crippen LogP contribution in [0.1, 0.15) is 108 Å². The average Bonchev–Trinajstić information content (AvgIpc) is 3.31. The minimum atomic E-state index is -1.82. The van der Waals surface area contributed by atoms with Crippen molar-refractivity contribution >= 4 is 34.8 Å².